The highest BCUT2D eigenvalue weighted by molar-refractivity contribution is 5.74. The largest absolute Gasteiger partial charge is 0.340 e. The lowest BCUT2D eigenvalue weighted by molar-refractivity contribution is 0.588. The molecule has 0 radical (unpaired) electrons. The van der Waals surface area contributed by atoms with E-state index in [0.717, 1.165) is 22.6 Å². The number of fused-ring (bicyclic) bond motifs is 1. The number of nitrogens with zero attached hydrogens (tertiary/aromatic N) is 2. The Hall–Kier alpha value is -1.42. The number of aromatic amines is 1. The fourth-order valence-corrected chi connectivity index (χ4v) is 1.52. The maximum Gasteiger partial charge on any atom is 0.177 e. The van der Waals surface area contributed by atoms with Gasteiger partial charge >= 0.3 is 0 Å². The van der Waals surface area contributed by atoms with Gasteiger partial charge in [0.25, 0.3) is 0 Å². The number of pyridine rings is 1. The van der Waals surface area contributed by atoms with Crippen molar-refractivity contribution in [3.05, 3.63) is 23.7 Å². The Bertz CT molecular complexity index is 472. The van der Waals surface area contributed by atoms with Gasteiger partial charge < -0.3 is 10.7 Å². The van der Waals surface area contributed by atoms with Gasteiger partial charge in [0.15, 0.2) is 5.65 Å². The van der Waals surface area contributed by atoms with Crippen molar-refractivity contribution in [1.29, 1.82) is 0 Å². The Morgan fingerprint density at radius 1 is 1.40 bits per heavy atom. The van der Waals surface area contributed by atoms with Crippen LogP contribution < -0.4 is 5.73 Å². The molecule has 15 heavy (non-hydrogen) atoms. The van der Waals surface area contributed by atoms with Crippen molar-refractivity contribution in [3.63, 3.8) is 0 Å². The van der Waals surface area contributed by atoms with Gasteiger partial charge in [-0.05, 0) is 25.5 Å². The third-order valence-electron chi connectivity index (χ3n) is 2.84. The number of nitrogens with two attached hydrogens (primary N) is 1. The molecule has 2 unspecified atom stereocenters. The Balaban J connectivity index is 2.52. The van der Waals surface area contributed by atoms with Crippen LogP contribution in [0.3, 0.4) is 0 Å². The smallest absolute Gasteiger partial charge is 0.177 e. The summed E-state index contributed by atoms with van der Waals surface area (Å²) < 4.78 is 0. The van der Waals surface area contributed by atoms with Gasteiger partial charge in [-0.2, -0.15) is 0 Å². The molecule has 0 bridgehead atoms. The molecule has 0 saturated carbocycles. The van der Waals surface area contributed by atoms with E-state index < -0.39 is 0 Å². The van der Waals surface area contributed by atoms with Crippen molar-refractivity contribution in [2.24, 2.45) is 5.73 Å². The number of H-pyrrole nitrogens is 1. The maximum atomic E-state index is 5.85. The van der Waals surface area contributed by atoms with E-state index in [9.17, 15) is 0 Å². The van der Waals surface area contributed by atoms with Crippen LogP contribution in [0.15, 0.2) is 12.3 Å². The third kappa shape index (κ3) is 1.72. The van der Waals surface area contributed by atoms with Gasteiger partial charge in [-0.25, -0.2) is 9.97 Å². The standard InChI is InChI=1S/C11H16N4/c1-6-4-5-13-11-9(6)14-10(15-11)7(2)8(3)12/h4-5,7-8H,12H2,1-3H3,(H,13,14,15). The second-order valence-electron chi connectivity index (χ2n) is 4.10. The molecular formula is C11H16N4. The lowest BCUT2D eigenvalue weighted by atomic mass is 10.0. The number of imidazole rings is 1. The molecule has 0 aliphatic rings. The van der Waals surface area contributed by atoms with Crippen LogP contribution in [-0.2, 0) is 0 Å². The molecule has 80 valence electrons. The molecular weight excluding hydrogens is 188 g/mol. The Morgan fingerprint density at radius 3 is 2.73 bits per heavy atom. The zero-order chi connectivity index (χ0) is 11.0. The van der Waals surface area contributed by atoms with E-state index >= 15 is 0 Å². The number of rotatable bonds is 2. The van der Waals surface area contributed by atoms with Crippen LogP contribution in [0.25, 0.3) is 11.2 Å². The summed E-state index contributed by atoms with van der Waals surface area (Å²) in [5.41, 5.74) is 8.80. The first-order valence-corrected chi connectivity index (χ1v) is 5.16. The number of nitrogens with one attached hydrogen (secondary N) is 1. The molecule has 0 fully saturated rings. The Morgan fingerprint density at radius 2 is 2.13 bits per heavy atom. The lowest BCUT2D eigenvalue weighted by Gasteiger charge is -2.11. The summed E-state index contributed by atoms with van der Waals surface area (Å²) in [6, 6.07) is 2.06. The molecule has 2 heterocycles. The van der Waals surface area contributed by atoms with Crippen molar-refractivity contribution < 1.29 is 0 Å². The first-order chi connectivity index (χ1) is 7.09. The van der Waals surface area contributed by atoms with Crippen molar-refractivity contribution in [2.45, 2.75) is 32.7 Å². The first kappa shape index (κ1) is 10.1. The van der Waals surface area contributed by atoms with Crippen molar-refractivity contribution in [3.8, 4) is 0 Å². The first-order valence-electron chi connectivity index (χ1n) is 5.16. The van der Waals surface area contributed by atoms with Gasteiger partial charge in [0.1, 0.15) is 5.82 Å². The Kier molecular flexibility index (Phi) is 2.44. The summed E-state index contributed by atoms with van der Waals surface area (Å²) in [5, 5.41) is 0. The van der Waals surface area contributed by atoms with E-state index in [0.29, 0.717) is 0 Å². The highest BCUT2D eigenvalue weighted by Gasteiger charge is 2.15. The van der Waals surface area contributed by atoms with E-state index in [4.69, 9.17) is 5.73 Å². The molecule has 0 amide bonds. The quantitative estimate of drug-likeness (QED) is 0.782. The van der Waals surface area contributed by atoms with Crippen LogP contribution in [0.2, 0.25) is 0 Å². The van der Waals surface area contributed by atoms with E-state index in [-0.39, 0.29) is 12.0 Å². The maximum absolute atomic E-state index is 5.85. The molecule has 4 heteroatoms. The zero-order valence-electron chi connectivity index (χ0n) is 9.28. The highest BCUT2D eigenvalue weighted by Crippen LogP contribution is 2.19. The van der Waals surface area contributed by atoms with Crippen molar-refractivity contribution in [1.82, 2.24) is 15.0 Å². The lowest BCUT2D eigenvalue weighted by Crippen LogP contribution is -2.23. The Labute approximate surface area is 88.9 Å². The van der Waals surface area contributed by atoms with Crippen molar-refractivity contribution in [2.75, 3.05) is 0 Å². The van der Waals surface area contributed by atoms with E-state index in [1.54, 1.807) is 6.20 Å². The van der Waals surface area contributed by atoms with Crippen molar-refractivity contribution >= 4 is 11.2 Å². The normalized spacial score (nSPS) is 15.5. The van der Waals surface area contributed by atoms with Gasteiger partial charge in [-0.15, -0.1) is 0 Å². The molecule has 3 N–H and O–H groups in total. The van der Waals surface area contributed by atoms with Gasteiger partial charge in [-0.1, -0.05) is 6.92 Å². The van der Waals surface area contributed by atoms with Crippen LogP contribution in [-0.4, -0.2) is 21.0 Å². The SMILES string of the molecule is Cc1ccnc2nc(C(C)C(C)N)[nH]c12. The zero-order valence-corrected chi connectivity index (χ0v) is 9.28. The minimum atomic E-state index is 0.0888. The van der Waals surface area contributed by atoms with E-state index in [1.165, 1.54) is 0 Å². The van der Waals surface area contributed by atoms with Crippen LogP contribution in [0.1, 0.15) is 31.2 Å². The van der Waals surface area contributed by atoms with Gasteiger partial charge in [0, 0.05) is 18.2 Å². The third-order valence-corrected chi connectivity index (χ3v) is 2.84. The predicted octanol–water partition coefficient (Wildman–Crippen LogP) is 1.72. The summed E-state index contributed by atoms with van der Waals surface area (Å²) in [6.45, 7) is 6.10. The summed E-state index contributed by atoms with van der Waals surface area (Å²) in [5.74, 6) is 1.14. The average Bonchev–Trinajstić information content (AvgIpc) is 2.61. The summed E-state index contributed by atoms with van der Waals surface area (Å²) >= 11 is 0. The van der Waals surface area contributed by atoms with E-state index in [2.05, 4.69) is 21.9 Å². The van der Waals surface area contributed by atoms with Crippen LogP contribution in [0.4, 0.5) is 0 Å². The number of hydrogen-bond donors (Lipinski definition) is 2. The minimum Gasteiger partial charge on any atom is -0.340 e. The summed E-state index contributed by atoms with van der Waals surface area (Å²) in [4.78, 5) is 12.0. The van der Waals surface area contributed by atoms with Crippen LogP contribution >= 0.6 is 0 Å². The van der Waals surface area contributed by atoms with Gasteiger partial charge in [0.05, 0.1) is 5.52 Å². The van der Waals surface area contributed by atoms with Crippen LogP contribution in [0, 0.1) is 6.92 Å². The minimum absolute atomic E-state index is 0.0888. The fourth-order valence-electron chi connectivity index (χ4n) is 1.52. The molecule has 0 aliphatic heterocycles. The fraction of sp³-hybridized carbons (Fsp3) is 0.455. The predicted molar refractivity (Wildman–Crippen MR) is 60.7 cm³/mol. The molecule has 2 atom stereocenters. The molecule has 2 aromatic heterocycles. The molecule has 0 aliphatic carbocycles. The molecule has 0 saturated heterocycles. The topological polar surface area (TPSA) is 67.6 Å². The molecule has 2 rings (SSSR count). The molecule has 0 aromatic carbocycles. The number of hydrogen-bond acceptors (Lipinski definition) is 3. The molecule has 0 spiro atoms. The number of aryl methyl sites for hydroxylation is 1. The second-order valence-corrected chi connectivity index (χ2v) is 4.10. The average molecular weight is 204 g/mol. The van der Waals surface area contributed by atoms with Crippen LogP contribution in [0.5, 0.6) is 0 Å². The molecule has 4 nitrogen and oxygen atoms in total. The number of aromatic nitrogens is 3. The van der Waals surface area contributed by atoms with Gasteiger partial charge in [0.2, 0.25) is 0 Å². The summed E-state index contributed by atoms with van der Waals surface area (Å²) in [7, 11) is 0. The summed E-state index contributed by atoms with van der Waals surface area (Å²) in [6.07, 6.45) is 1.78. The molecule has 2 aromatic rings. The van der Waals surface area contributed by atoms with E-state index in [1.807, 2.05) is 19.9 Å². The second kappa shape index (κ2) is 3.62. The van der Waals surface area contributed by atoms with Gasteiger partial charge in [-0.3, -0.25) is 0 Å². The monoisotopic (exact) mass is 204 g/mol. The highest BCUT2D eigenvalue weighted by atomic mass is 15.0.